The maximum Gasteiger partial charge on any atom is 0.268 e. The van der Waals surface area contributed by atoms with Crippen molar-refractivity contribution in [1.82, 2.24) is 61.2 Å². The van der Waals surface area contributed by atoms with Gasteiger partial charge >= 0.3 is 0 Å². The van der Waals surface area contributed by atoms with E-state index in [4.69, 9.17) is 51.7 Å². The van der Waals surface area contributed by atoms with Crippen molar-refractivity contribution in [2.45, 2.75) is 338 Å². The molecule has 1 aliphatic carbocycles. The summed E-state index contributed by atoms with van der Waals surface area (Å²) in [5.74, 6) is -0.408. The van der Waals surface area contributed by atoms with Gasteiger partial charge in [-0.3, -0.25) is 61.5 Å². The summed E-state index contributed by atoms with van der Waals surface area (Å²) in [5.41, 5.74) is 1.47. The number of hydrogen-bond acceptors (Lipinski definition) is 15. The van der Waals surface area contributed by atoms with Gasteiger partial charge in [0.2, 0.25) is 59.1 Å². The predicted molar refractivity (Wildman–Crippen MR) is 600 cm³/mol. The fourth-order valence-electron chi connectivity index (χ4n) is 8.85. The summed E-state index contributed by atoms with van der Waals surface area (Å²) in [5, 5.41) is 30.4. The van der Waals surface area contributed by atoms with E-state index in [1.807, 2.05) is 60.2 Å². The minimum Gasteiger partial charge on any atom is -0.355 e. The highest BCUT2D eigenvalue weighted by Crippen LogP contribution is 2.45. The number of nitriles is 1. The molecule has 0 saturated heterocycles. The topological polar surface area (TPSA) is 340 Å². The van der Waals surface area contributed by atoms with Gasteiger partial charge in [0.1, 0.15) is 27.4 Å². The van der Waals surface area contributed by atoms with E-state index in [2.05, 4.69) is 324 Å². The maximum atomic E-state index is 12.0. The van der Waals surface area contributed by atoms with Crippen molar-refractivity contribution in [1.29, 1.82) is 5.26 Å². The zero-order valence-corrected chi connectivity index (χ0v) is 99.8. The molecule has 0 bridgehead atoms. The van der Waals surface area contributed by atoms with Crippen molar-refractivity contribution in [2.24, 2.45) is 70.4 Å². The lowest BCUT2D eigenvalue weighted by Crippen LogP contribution is -2.37. The van der Waals surface area contributed by atoms with Crippen LogP contribution in [0.4, 0.5) is 0 Å². The van der Waals surface area contributed by atoms with Crippen LogP contribution in [-0.4, -0.2) is 206 Å². The van der Waals surface area contributed by atoms with Crippen LogP contribution < -0.4 is 48.1 Å². The first-order valence-electron chi connectivity index (χ1n) is 48.4. The first-order chi connectivity index (χ1) is 62.7. The van der Waals surface area contributed by atoms with Gasteiger partial charge in [-0.15, -0.1) is 46.4 Å². The molecule has 0 radical (unpaired) electrons. The number of nitrogens with one attached hydrogen (secondary N) is 8. The van der Waals surface area contributed by atoms with E-state index in [-0.39, 0.29) is 136 Å². The summed E-state index contributed by atoms with van der Waals surface area (Å²) in [6, 6.07) is 9.86. The molecule has 1 aliphatic rings. The molecule has 1 aromatic carbocycles. The maximum absolute atomic E-state index is 12.0. The Bertz CT molecular complexity index is 4010. The van der Waals surface area contributed by atoms with Crippen molar-refractivity contribution in [3.05, 3.63) is 110 Å². The second kappa shape index (κ2) is 73.4. The number of aromatic nitrogens is 1. The lowest BCUT2D eigenvalue weighted by molar-refractivity contribution is -0.126. The number of carbonyl (C=O) groups is 11. The smallest absolute Gasteiger partial charge is 0.268 e. The van der Waals surface area contributed by atoms with E-state index < -0.39 is 21.5 Å². The molecular weight excluding hydrogens is 1870 g/mol. The Morgan fingerprint density at radius 1 is 0.450 bits per heavy atom. The van der Waals surface area contributed by atoms with Gasteiger partial charge in [0, 0.05) is 105 Å². The Kier molecular flexibility index (Phi) is 78.7. The summed E-state index contributed by atoms with van der Waals surface area (Å²) < 4.78 is 2.93. The number of ketones is 1. The Morgan fingerprint density at radius 2 is 0.786 bits per heavy atom. The van der Waals surface area contributed by atoms with Gasteiger partial charge in [0.15, 0.2) is 5.78 Å². The van der Waals surface area contributed by atoms with Gasteiger partial charge in [0.05, 0.1) is 16.2 Å². The molecule has 1 aromatic heterocycles. The molecule has 1 unspecified atom stereocenters. The average molecular weight is 2070 g/mol. The van der Waals surface area contributed by atoms with Crippen LogP contribution in [0.5, 0.6) is 0 Å². The van der Waals surface area contributed by atoms with Crippen LogP contribution in [0, 0.1) is 81.7 Å². The van der Waals surface area contributed by atoms with Gasteiger partial charge in [-0.25, -0.2) is 0 Å². The molecule has 1 fully saturated rings. The second-order valence-corrected chi connectivity index (χ2v) is 52.9. The summed E-state index contributed by atoms with van der Waals surface area (Å²) in [6.07, 6.45) is 17.3. The molecule has 812 valence electrons. The van der Waals surface area contributed by atoms with Gasteiger partial charge in [-0.1, -0.05) is 311 Å². The lowest BCUT2D eigenvalue weighted by atomic mass is 9.89. The standard InChI is InChI=1S/C12H15NOS.C11H22N2O.C10H16N2O.C10H19NO.C10H18O.2C9H17NO.3C8H16ClNO.C8H15NO.C7H14ClNO/c1-12(2,3)8-13-11(14)9-6-4-5-7-10(9)15-13;1-11(2,3)9-12-10(14)7-6-8-13(4)5;1-9(2,3)7-12-8(13)10(6-11)4-5-10;1-6-9(12)11(5)8-7-10(2,3)4;1-5-9(11)7-6-8-10(2,3)4;1-6-8(11)10(5)7-9(2,3)4;1-5-6-8(11)10-7-9(2,3)4;3*1-6(9)7(11)10-5-8(2,3)4;1-5-7(10)9-6-8(2,3)4;1-7(2,3)5-9-6(10)4-8/h4-7H,8H2,1-3H3;6-7H,8-9H2,1-5H3,(H,12,14);4-5,7H2,1-3H3,(H,12,13);6H,1,7-8H2,2-5H3;5H,1,6-8H2,2-4H3;6H,1,7H2,2-5H3;5-6H,7H2,1-4H3,(H,10,11);3*6H,5H2,1-4H3,(H,10,11);5H,1,6H2,2-4H3,(H,9,10);4-5H2,1-3H3,(H,9,10)/b;7-6+;;;;;6-5+;;;;;/t;;;;;;;2*6-;;;/m.......10.../s1. The summed E-state index contributed by atoms with van der Waals surface area (Å²) >= 11 is 23.5. The highest BCUT2D eigenvalue weighted by molar-refractivity contribution is 7.13. The van der Waals surface area contributed by atoms with Crippen LogP contribution in [-0.2, 0) is 59.3 Å². The van der Waals surface area contributed by atoms with Crippen molar-refractivity contribution in [2.75, 3.05) is 106 Å². The molecule has 140 heavy (non-hydrogen) atoms. The summed E-state index contributed by atoms with van der Waals surface area (Å²) in [4.78, 5) is 138. The molecule has 3 rings (SSSR count). The van der Waals surface area contributed by atoms with Crippen LogP contribution in [0.25, 0.3) is 10.1 Å². The number of amides is 10. The molecule has 30 heteroatoms. The Balaban J connectivity index is -0.000000191. The Hall–Kier alpha value is -7.67. The zero-order valence-electron chi connectivity index (χ0n) is 96.0. The first-order valence-corrected chi connectivity index (χ1v) is 51.0. The van der Waals surface area contributed by atoms with Crippen molar-refractivity contribution in [3.63, 3.8) is 0 Å². The van der Waals surface area contributed by atoms with E-state index in [0.29, 0.717) is 57.6 Å². The van der Waals surface area contributed by atoms with Crippen LogP contribution in [0.15, 0.2) is 104 Å². The zero-order chi connectivity index (χ0) is 113. The van der Waals surface area contributed by atoms with Crippen molar-refractivity contribution < 1.29 is 52.7 Å². The number of carbonyl (C=O) groups excluding carboxylic acids is 11. The van der Waals surface area contributed by atoms with Gasteiger partial charge < -0.3 is 57.2 Å². The fourth-order valence-corrected chi connectivity index (χ4v) is 10.4. The third-order valence-corrected chi connectivity index (χ3v) is 18.9. The number of benzene rings is 1. The molecule has 8 N–H and O–H groups in total. The van der Waals surface area contributed by atoms with Gasteiger partial charge in [-0.05, 0) is 181 Å². The van der Waals surface area contributed by atoms with Crippen LogP contribution in [0.2, 0.25) is 0 Å². The predicted octanol–water partition coefficient (Wildman–Crippen LogP) is 22.3. The largest absolute Gasteiger partial charge is 0.355 e. The van der Waals surface area contributed by atoms with E-state index in [1.54, 1.807) is 68.4 Å². The highest BCUT2D eigenvalue weighted by Gasteiger charge is 2.50. The molecule has 25 nitrogen and oxygen atoms in total. The third kappa shape index (κ3) is 112. The first kappa shape index (κ1) is 150. The van der Waals surface area contributed by atoms with Crippen LogP contribution >= 0.6 is 57.9 Å². The quantitative estimate of drug-likeness (QED) is 0.0290. The lowest BCUT2D eigenvalue weighted by Gasteiger charge is -2.25. The SMILES string of the molecule is C/C=C/C(=O)NCC(C)(C)C.C=CC(=O)CCCC(C)(C)C.C=CC(=O)N(C)CC(C)(C)C.C=CC(=O)N(C)CCC(C)(C)C.C=CC(=O)NCC(C)(C)C.CC(C)(C)CNC(=O)C1(C#N)CC1.CC(C)(C)CNC(=O)CCl.CC(C)(C)Cn1sc2ccccc2c1=O.CC(Cl)C(=O)NCC(C)(C)C.CN(C)C/C=C/C(=O)NCC(C)(C)C.C[C@@H](Cl)C(=O)NCC(C)(C)C.C[C@H](Cl)C(=O)NCC(C)(C)C. The van der Waals surface area contributed by atoms with E-state index in [9.17, 15) is 57.5 Å². The number of fused-ring (bicyclic) bond motifs is 1. The molecule has 3 atom stereocenters. The van der Waals surface area contributed by atoms with Gasteiger partial charge in [-0.2, -0.15) is 5.26 Å². The van der Waals surface area contributed by atoms with E-state index >= 15 is 0 Å². The van der Waals surface area contributed by atoms with Crippen LogP contribution in [0.1, 0.15) is 315 Å². The minimum atomic E-state index is -0.675. The van der Waals surface area contributed by atoms with E-state index in [0.717, 1.165) is 74.9 Å². The van der Waals surface area contributed by atoms with Crippen LogP contribution in [0.3, 0.4) is 0 Å². The summed E-state index contributed by atoms with van der Waals surface area (Å²) in [7, 11) is 7.53. The number of allylic oxidation sites excluding steroid dienone is 2. The molecule has 10 amide bonds. The number of rotatable bonds is 28. The number of halogens is 4. The molecule has 0 spiro atoms. The monoisotopic (exact) mass is 2070 g/mol. The number of likely N-dealkylation sites (N-methyl/N-ethyl adjacent to an activating group) is 3. The minimum absolute atomic E-state index is 0.000694. The number of nitrogens with zero attached hydrogens (tertiary/aromatic N) is 5. The molecular formula is C110H201Cl4N13O12S. The molecule has 1 saturated carbocycles. The second-order valence-electron chi connectivity index (χ2n) is 49.6. The van der Waals surface area contributed by atoms with Crippen molar-refractivity contribution in [3.8, 4) is 6.07 Å². The summed E-state index contributed by atoms with van der Waals surface area (Å²) in [6.45, 7) is 104. The normalized spacial score (nSPS) is 12.9. The molecule has 1 heterocycles. The molecule has 0 aliphatic heterocycles. The van der Waals surface area contributed by atoms with Crippen molar-refractivity contribution >= 4 is 133 Å². The average Bonchev–Trinajstić information content (AvgIpc) is 1.65. The number of hydrogen-bond donors (Lipinski definition) is 8. The number of alkyl halides is 4. The Morgan fingerprint density at radius 3 is 1.07 bits per heavy atom. The molecule has 2 aromatic rings. The van der Waals surface area contributed by atoms with E-state index in [1.165, 1.54) is 30.4 Å². The van der Waals surface area contributed by atoms with Gasteiger partial charge in [0.25, 0.3) is 5.56 Å². The fraction of sp³-hybridized carbons (Fsp3) is 0.718. The Labute approximate surface area is 876 Å². The third-order valence-electron chi connectivity index (χ3n) is 17.0. The highest BCUT2D eigenvalue weighted by atomic mass is 35.5.